The Morgan fingerprint density at radius 1 is 1.53 bits per heavy atom. The molecular formula is C11H11NO2S. The van der Waals surface area contributed by atoms with Gasteiger partial charge in [-0.25, -0.2) is 0 Å². The molecule has 78 valence electrons. The number of hydrogen-bond acceptors (Lipinski definition) is 4. The van der Waals surface area contributed by atoms with E-state index in [0.717, 1.165) is 6.42 Å². The lowest BCUT2D eigenvalue weighted by Gasteiger charge is -2.04. The van der Waals surface area contributed by atoms with Crippen LogP contribution in [0.4, 0.5) is 5.69 Å². The molecule has 0 spiro atoms. The highest BCUT2D eigenvalue weighted by molar-refractivity contribution is 7.78. The largest absolute Gasteiger partial charge is 0.424 e. The highest BCUT2D eigenvalue weighted by Crippen LogP contribution is 2.26. The summed E-state index contributed by atoms with van der Waals surface area (Å²) in [4.78, 5) is 15.1. The number of rotatable bonds is 4. The van der Waals surface area contributed by atoms with Crippen molar-refractivity contribution in [3.8, 4) is 5.75 Å². The van der Waals surface area contributed by atoms with E-state index in [2.05, 4.69) is 22.4 Å². The fourth-order valence-electron chi connectivity index (χ4n) is 1.06. The van der Waals surface area contributed by atoms with Crippen molar-refractivity contribution in [2.24, 2.45) is 4.99 Å². The number of ether oxygens (including phenoxy) is 1. The van der Waals surface area contributed by atoms with Crippen LogP contribution in [0.3, 0.4) is 0 Å². The molecule has 4 heteroatoms. The minimum absolute atomic E-state index is 0.260. The predicted octanol–water partition coefficient (Wildman–Crippen LogP) is 3.13. The van der Waals surface area contributed by atoms with Gasteiger partial charge >= 0.3 is 5.97 Å². The lowest BCUT2D eigenvalue weighted by atomic mass is 10.3. The summed E-state index contributed by atoms with van der Waals surface area (Å²) in [5.74, 6) is 0.165. The molecule has 0 radical (unpaired) electrons. The maximum Gasteiger partial charge on any atom is 0.311 e. The van der Waals surface area contributed by atoms with E-state index in [-0.39, 0.29) is 5.97 Å². The number of isothiocyanates is 1. The summed E-state index contributed by atoms with van der Waals surface area (Å²) in [5.41, 5.74) is 0.525. The van der Waals surface area contributed by atoms with Crippen molar-refractivity contribution in [1.82, 2.24) is 0 Å². The monoisotopic (exact) mass is 221 g/mol. The second-order valence-corrected chi connectivity index (χ2v) is 3.08. The molecule has 0 saturated heterocycles. The Morgan fingerprint density at radius 3 is 2.93 bits per heavy atom. The third-order valence-electron chi connectivity index (χ3n) is 1.71. The molecule has 1 aromatic rings. The molecule has 15 heavy (non-hydrogen) atoms. The van der Waals surface area contributed by atoms with Crippen LogP contribution in [-0.2, 0) is 4.79 Å². The Balaban J connectivity index is 2.84. The van der Waals surface area contributed by atoms with Crippen molar-refractivity contribution < 1.29 is 9.53 Å². The maximum absolute atomic E-state index is 11.3. The first-order valence-electron chi connectivity index (χ1n) is 4.65. The number of hydrogen-bond donors (Lipinski definition) is 0. The van der Waals surface area contributed by atoms with Crippen LogP contribution in [0, 0.1) is 0 Å². The lowest BCUT2D eigenvalue weighted by molar-refractivity contribution is -0.134. The third-order valence-corrected chi connectivity index (χ3v) is 1.80. The second-order valence-electron chi connectivity index (χ2n) is 2.89. The number of esters is 1. The van der Waals surface area contributed by atoms with Gasteiger partial charge in [0.05, 0.1) is 5.16 Å². The molecule has 0 aliphatic rings. The zero-order valence-corrected chi connectivity index (χ0v) is 9.21. The first kappa shape index (κ1) is 11.6. The predicted molar refractivity (Wildman–Crippen MR) is 61.7 cm³/mol. The molecule has 0 fully saturated rings. The molecule has 0 aliphatic carbocycles. The Labute approximate surface area is 93.8 Å². The van der Waals surface area contributed by atoms with E-state index in [0.29, 0.717) is 17.9 Å². The standard InChI is InChI=1S/C11H11NO2S/c1-2-5-11(13)14-10-7-4-3-6-9(10)12-8-15/h3-4,6-7H,2,5H2,1H3. The minimum Gasteiger partial charge on any atom is -0.424 e. The van der Waals surface area contributed by atoms with Gasteiger partial charge < -0.3 is 4.74 Å². The van der Waals surface area contributed by atoms with Gasteiger partial charge in [0.15, 0.2) is 5.75 Å². The number of para-hydroxylation sites is 2. The van der Waals surface area contributed by atoms with Crippen LogP contribution in [0.25, 0.3) is 0 Å². The summed E-state index contributed by atoms with van der Waals surface area (Å²) in [6, 6.07) is 6.96. The van der Waals surface area contributed by atoms with Gasteiger partial charge in [0.1, 0.15) is 5.69 Å². The van der Waals surface area contributed by atoms with Gasteiger partial charge in [0.2, 0.25) is 0 Å². The quantitative estimate of drug-likeness (QED) is 0.339. The number of benzene rings is 1. The molecule has 0 aromatic heterocycles. The van der Waals surface area contributed by atoms with Gasteiger partial charge in [-0.3, -0.25) is 4.79 Å². The summed E-state index contributed by atoms with van der Waals surface area (Å²) in [5, 5.41) is 2.25. The van der Waals surface area contributed by atoms with E-state index in [1.54, 1.807) is 24.3 Å². The smallest absolute Gasteiger partial charge is 0.311 e. The fourth-order valence-corrected chi connectivity index (χ4v) is 1.16. The first-order valence-corrected chi connectivity index (χ1v) is 5.06. The van der Waals surface area contributed by atoms with Gasteiger partial charge in [-0.2, -0.15) is 4.99 Å². The fraction of sp³-hybridized carbons (Fsp3) is 0.273. The zero-order chi connectivity index (χ0) is 11.1. The van der Waals surface area contributed by atoms with Crippen LogP contribution in [0.15, 0.2) is 29.3 Å². The van der Waals surface area contributed by atoms with E-state index in [9.17, 15) is 4.79 Å². The van der Waals surface area contributed by atoms with Gasteiger partial charge in [-0.15, -0.1) is 0 Å². The van der Waals surface area contributed by atoms with E-state index >= 15 is 0 Å². The normalized spacial score (nSPS) is 9.13. The molecule has 0 saturated carbocycles. The van der Waals surface area contributed by atoms with Gasteiger partial charge in [-0.05, 0) is 30.8 Å². The average Bonchev–Trinajstić information content (AvgIpc) is 2.21. The van der Waals surface area contributed by atoms with Crippen LogP contribution in [0.2, 0.25) is 0 Å². The molecule has 0 unspecified atom stereocenters. The van der Waals surface area contributed by atoms with Crippen LogP contribution in [0.5, 0.6) is 5.75 Å². The molecule has 0 amide bonds. The SMILES string of the molecule is CCCC(=O)Oc1ccccc1N=C=S. The molecule has 3 nitrogen and oxygen atoms in total. The molecule has 1 rings (SSSR count). The highest BCUT2D eigenvalue weighted by Gasteiger charge is 2.06. The molecule has 0 atom stereocenters. The summed E-state index contributed by atoms with van der Waals surface area (Å²) in [6.45, 7) is 1.92. The van der Waals surface area contributed by atoms with Crippen molar-refractivity contribution in [2.75, 3.05) is 0 Å². The van der Waals surface area contributed by atoms with E-state index in [1.165, 1.54) is 0 Å². The van der Waals surface area contributed by atoms with Crippen molar-refractivity contribution in [3.63, 3.8) is 0 Å². The summed E-state index contributed by atoms with van der Waals surface area (Å²) in [7, 11) is 0. The Hall–Kier alpha value is -1.51. The topological polar surface area (TPSA) is 38.7 Å². The van der Waals surface area contributed by atoms with Crippen molar-refractivity contribution >= 4 is 29.0 Å². The molecular weight excluding hydrogens is 210 g/mol. The van der Waals surface area contributed by atoms with Crippen molar-refractivity contribution in [3.05, 3.63) is 24.3 Å². The number of nitrogens with zero attached hydrogens (tertiary/aromatic N) is 1. The second kappa shape index (κ2) is 6.06. The Kier molecular flexibility index (Phi) is 4.68. The third kappa shape index (κ3) is 3.62. The van der Waals surface area contributed by atoms with Gasteiger partial charge in [-0.1, -0.05) is 19.1 Å². The van der Waals surface area contributed by atoms with Crippen LogP contribution in [0.1, 0.15) is 19.8 Å². The van der Waals surface area contributed by atoms with Crippen LogP contribution >= 0.6 is 12.2 Å². The Morgan fingerprint density at radius 2 is 2.27 bits per heavy atom. The summed E-state index contributed by atoms with van der Waals surface area (Å²) >= 11 is 4.50. The number of aliphatic imine (C=N–C) groups is 1. The Bertz CT molecular complexity index is 397. The molecule has 0 bridgehead atoms. The van der Waals surface area contributed by atoms with Gasteiger partial charge in [0, 0.05) is 6.42 Å². The summed E-state index contributed by atoms with van der Waals surface area (Å²) < 4.78 is 5.12. The molecule has 0 aliphatic heterocycles. The van der Waals surface area contributed by atoms with E-state index in [4.69, 9.17) is 4.74 Å². The van der Waals surface area contributed by atoms with Gasteiger partial charge in [0.25, 0.3) is 0 Å². The lowest BCUT2D eigenvalue weighted by Crippen LogP contribution is -2.06. The van der Waals surface area contributed by atoms with Crippen molar-refractivity contribution in [1.29, 1.82) is 0 Å². The minimum atomic E-state index is -0.260. The molecule has 0 N–H and O–H groups in total. The first-order chi connectivity index (χ1) is 7.27. The zero-order valence-electron chi connectivity index (χ0n) is 8.40. The molecule has 1 aromatic carbocycles. The summed E-state index contributed by atoms with van der Waals surface area (Å²) in [6.07, 6.45) is 1.16. The van der Waals surface area contributed by atoms with E-state index in [1.807, 2.05) is 6.92 Å². The van der Waals surface area contributed by atoms with E-state index < -0.39 is 0 Å². The molecule has 0 heterocycles. The number of thiocarbonyl (C=S) groups is 1. The van der Waals surface area contributed by atoms with Crippen LogP contribution < -0.4 is 4.74 Å². The number of carbonyl (C=O) groups excluding carboxylic acids is 1. The van der Waals surface area contributed by atoms with Crippen molar-refractivity contribution in [2.45, 2.75) is 19.8 Å². The highest BCUT2D eigenvalue weighted by atomic mass is 32.1. The maximum atomic E-state index is 11.3. The van der Waals surface area contributed by atoms with Crippen LogP contribution in [-0.4, -0.2) is 11.1 Å². The number of carbonyl (C=O) groups is 1. The average molecular weight is 221 g/mol.